The van der Waals surface area contributed by atoms with Gasteiger partial charge in [0.15, 0.2) is 11.4 Å². The monoisotopic (exact) mass is 469 g/mol. The van der Waals surface area contributed by atoms with Crippen molar-refractivity contribution in [3.63, 3.8) is 0 Å². The van der Waals surface area contributed by atoms with E-state index in [0.717, 1.165) is 58.2 Å². The number of rotatable bonds is 5. The molecule has 0 spiro atoms. The quantitative estimate of drug-likeness (QED) is 0.419. The number of aromatic nitrogens is 5. The van der Waals surface area contributed by atoms with Crippen LogP contribution >= 0.6 is 0 Å². The average Bonchev–Trinajstić information content (AvgIpc) is 3.61. The molecule has 4 aromatic heterocycles. The largest absolute Gasteiger partial charge is 0.452 e. The summed E-state index contributed by atoms with van der Waals surface area (Å²) in [6, 6.07) is 14.3. The first kappa shape index (κ1) is 21.6. The average molecular weight is 470 g/mol. The Morgan fingerprint density at radius 3 is 2.66 bits per heavy atom. The van der Waals surface area contributed by atoms with Crippen LogP contribution in [0.2, 0.25) is 0 Å². The molecule has 1 aliphatic heterocycles. The van der Waals surface area contributed by atoms with Gasteiger partial charge >= 0.3 is 0 Å². The van der Waals surface area contributed by atoms with E-state index < -0.39 is 0 Å². The van der Waals surface area contributed by atoms with E-state index in [1.165, 1.54) is 5.56 Å². The predicted molar refractivity (Wildman–Crippen MR) is 134 cm³/mol. The molecule has 0 atom stereocenters. The fourth-order valence-electron chi connectivity index (χ4n) is 4.54. The van der Waals surface area contributed by atoms with Gasteiger partial charge < -0.3 is 19.8 Å². The Bertz CT molecular complexity index is 1510. The van der Waals surface area contributed by atoms with Crippen molar-refractivity contribution in [1.82, 2.24) is 24.5 Å². The first-order valence-electron chi connectivity index (χ1n) is 11.7. The smallest absolute Gasteiger partial charge is 0.176 e. The predicted octanol–water partition coefficient (Wildman–Crippen LogP) is 3.68. The number of fused-ring (bicyclic) bond motifs is 1. The zero-order valence-corrected chi connectivity index (χ0v) is 19.8. The van der Waals surface area contributed by atoms with Gasteiger partial charge in [0.1, 0.15) is 11.3 Å². The Morgan fingerprint density at radius 2 is 1.91 bits per heavy atom. The van der Waals surface area contributed by atoms with Crippen LogP contribution in [0.1, 0.15) is 11.3 Å². The molecule has 1 aromatic carbocycles. The van der Waals surface area contributed by atoms with Crippen LogP contribution in [-0.2, 0) is 18.3 Å². The number of ether oxygens (including phenoxy) is 1. The lowest BCUT2D eigenvalue weighted by Gasteiger charge is -2.29. The van der Waals surface area contributed by atoms with Crippen LogP contribution in [0.4, 0.5) is 5.69 Å². The van der Waals surface area contributed by atoms with E-state index in [0.29, 0.717) is 25.6 Å². The fourth-order valence-corrected chi connectivity index (χ4v) is 4.54. The first-order chi connectivity index (χ1) is 17.1. The molecule has 178 valence electrons. The van der Waals surface area contributed by atoms with Crippen LogP contribution in [-0.4, -0.2) is 50.8 Å². The molecule has 2 N–H and O–H groups in total. The minimum Gasteiger partial charge on any atom is -0.452 e. The van der Waals surface area contributed by atoms with Crippen LogP contribution in [0.25, 0.3) is 39.5 Å². The van der Waals surface area contributed by atoms with Crippen molar-refractivity contribution in [2.75, 3.05) is 31.2 Å². The van der Waals surface area contributed by atoms with Crippen LogP contribution in [0.5, 0.6) is 0 Å². The number of nitrogens with two attached hydrogens (primary N) is 1. The van der Waals surface area contributed by atoms with Crippen LogP contribution in [0.3, 0.4) is 0 Å². The number of nitrogens with zero attached hydrogens (tertiary/aromatic N) is 6. The van der Waals surface area contributed by atoms with Crippen LogP contribution in [0.15, 0.2) is 59.3 Å². The number of furan rings is 1. The lowest BCUT2D eigenvalue weighted by atomic mass is 10.1. The summed E-state index contributed by atoms with van der Waals surface area (Å²) in [6.45, 7) is 5.31. The highest BCUT2D eigenvalue weighted by atomic mass is 16.5. The molecule has 1 aliphatic rings. The molecule has 5 aromatic rings. The molecule has 9 nitrogen and oxygen atoms in total. The Hall–Kier alpha value is -3.95. The summed E-state index contributed by atoms with van der Waals surface area (Å²) >= 11 is 0. The number of morpholine rings is 1. The second-order valence-electron chi connectivity index (χ2n) is 8.83. The van der Waals surface area contributed by atoms with E-state index in [2.05, 4.69) is 35.1 Å². The second kappa shape index (κ2) is 8.68. The molecule has 9 heteroatoms. The lowest BCUT2D eigenvalue weighted by Crippen LogP contribution is -2.36. The number of anilines is 1. The number of aryl methyl sites for hydroxylation is 2. The van der Waals surface area contributed by atoms with Crippen molar-refractivity contribution >= 4 is 16.8 Å². The minimum absolute atomic E-state index is 0.345. The van der Waals surface area contributed by atoms with Crippen LogP contribution in [0, 0.1) is 6.92 Å². The Labute approximate surface area is 202 Å². The van der Waals surface area contributed by atoms with Gasteiger partial charge in [0.05, 0.1) is 42.0 Å². The first-order valence-corrected chi connectivity index (χ1v) is 11.7. The van der Waals surface area contributed by atoms with Gasteiger partial charge in [0.2, 0.25) is 0 Å². The van der Waals surface area contributed by atoms with Gasteiger partial charge in [-0.3, -0.25) is 4.68 Å². The second-order valence-corrected chi connectivity index (χ2v) is 8.83. The Kier molecular flexibility index (Phi) is 5.35. The molecular formula is C26H27N7O2. The van der Waals surface area contributed by atoms with Crippen LogP contribution < -0.4 is 10.6 Å². The third-order valence-electron chi connectivity index (χ3n) is 6.31. The van der Waals surface area contributed by atoms with Crippen molar-refractivity contribution in [3.8, 4) is 28.4 Å². The molecule has 0 bridgehead atoms. The molecule has 1 saturated heterocycles. The summed E-state index contributed by atoms with van der Waals surface area (Å²) in [7, 11) is 1.89. The molecular weight excluding hydrogens is 442 g/mol. The number of benzene rings is 1. The molecule has 35 heavy (non-hydrogen) atoms. The van der Waals surface area contributed by atoms with Gasteiger partial charge in [-0.2, -0.15) is 10.2 Å². The third kappa shape index (κ3) is 3.98. The summed E-state index contributed by atoms with van der Waals surface area (Å²) in [5.74, 6) is 1.43. The summed E-state index contributed by atoms with van der Waals surface area (Å²) < 4.78 is 15.5. The number of hydrogen-bond acceptors (Lipinski definition) is 7. The topological polar surface area (TPSA) is 100 Å². The summed E-state index contributed by atoms with van der Waals surface area (Å²) in [4.78, 5) is 7.23. The molecule has 1 fully saturated rings. The summed E-state index contributed by atoms with van der Waals surface area (Å²) in [6.07, 6.45) is 3.72. The van der Waals surface area contributed by atoms with E-state index in [1.54, 1.807) is 10.9 Å². The number of pyridine rings is 1. The third-order valence-corrected chi connectivity index (χ3v) is 6.31. The van der Waals surface area contributed by atoms with Gasteiger partial charge in [-0.05, 0) is 19.1 Å². The lowest BCUT2D eigenvalue weighted by molar-refractivity contribution is 0.122. The Morgan fingerprint density at radius 1 is 1.06 bits per heavy atom. The maximum absolute atomic E-state index is 6.33. The molecule has 5 heterocycles. The maximum Gasteiger partial charge on any atom is 0.176 e. The fraction of sp³-hybridized carbons (Fsp3) is 0.269. The summed E-state index contributed by atoms with van der Waals surface area (Å²) in [5, 5.41) is 9.19. The van der Waals surface area contributed by atoms with Gasteiger partial charge in [0, 0.05) is 50.6 Å². The van der Waals surface area contributed by atoms with Gasteiger partial charge in [0.25, 0.3) is 0 Å². The van der Waals surface area contributed by atoms with Crippen molar-refractivity contribution in [1.29, 1.82) is 0 Å². The SMILES string of the molecule is Cc1cccc(-c2cc(CN)n(-c3cc(N4CCOCC4)c4oc(-c5cnn(C)c5)cc4n3)n2)c1. The zero-order chi connectivity index (χ0) is 23.9. The molecule has 0 amide bonds. The van der Waals surface area contributed by atoms with Gasteiger partial charge in [-0.25, -0.2) is 9.67 Å². The van der Waals surface area contributed by atoms with E-state index in [4.69, 9.17) is 25.0 Å². The normalized spacial score (nSPS) is 14.2. The van der Waals surface area contributed by atoms with E-state index in [1.807, 2.05) is 42.2 Å². The highest BCUT2D eigenvalue weighted by Gasteiger charge is 2.22. The van der Waals surface area contributed by atoms with Gasteiger partial charge in [-0.15, -0.1) is 0 Å². The standard InChI is InChI=1S/C26H27N7O2/c1-17-4-3-5-18(10-17)21-11-20(14-27)33(30-21)25-13-23(32-6-8-34-9-7-32)26-22(29-25)12-24(35-26)19-15-28-31(2)16-19/h3-5,10-13,15-16H,6-9,14,27H2,1-2H3. The maximum atomic E-state index is 6.33. The number of hydrogen-bond donors (Lipinski definition) is 1. The highest BCUT2D eigenvalue weighted by molar-refractivity contribution is 5.91. The molecule has 0 saturated carbocycles. The van der Waals surface area contributed by atoms with E-state index in [9.17, 15) is 0 Å². The van der Waals surface area contributed by atoms with Crippen molar-refractivity contribution < 1.29 is 9.15 Å². The Balaban J connectivity index is 1.51. The van der Waals surface area contributed by atoms with E-state index >= 15 is 0 Å². The zero-order valence-electron chi connectivity index (χ0n) is 19.8. The minimum atomic E-state index is 0.345. The molecule has 0 aliphatic carbocycles. The van der Waals surface area contributed by atoms with Crippen molar-refractivity contribution in [2.45, 2.75) is 13.5 Å². The summed E-state index contributed by atoms with van der Waals surface area (Å²) in [5.41, 5.74) is 13.5. The van der Waals surface area contributed by atoms with Crippen molar-refractivity contribution in [2.24, 2.45) is 12.8 Å². The van der Waals surface area contributed by atoms with Crippen molar-refractivity contribution in [3.05, 3.63) is 66.1 Å². The molecule has 6 rings (SSSR count). The van der Waals surface area contributed by atoms with Gasteiger partial charge in [-0.1, -0.05) is 23.8 Å². The van der Waals surface area contributed by atoms with E-state index in [-0.39, 0.29) is 0 Å². The highest BCUT2D eigenvalue weighted by Crippen LogP contribution is 2.35. The molecule has 0 radical (unpaired) electrons. The molecule has 0 unspecified atom stereocenters.